The summed E-state index contributed by atoms with van der Waals surface area (Å²) in [6, 6.07) is 4.16. The number of phenolic OH excluding ortho intramolecular Hbond substituents is 4. The minimum absolute atomic E-state index is 0.0388. The zero-order valence-electron chi connectivity index (χ0n) is 16.8. The largest absolute Gasteiger partial charge is 0.507 e. The van der Waals surface area contributed by atoms with Crippen molar-refractivity contribution in [2.75, 3.05) is 6.61 Å². The number of benzene rings is 2. The Morgan fingerprint density at radius 1 is 0.788 bits per heavy atom. The molecule has 11 heteroatoms. The highest BCUT2D eigenvalue weighted by Crippen LogP contribution is 2.45. The van der Waals surface area contributed by atoms with E-state index in [2.05, 4.69) is 0 Å². The number of aliphatic hydroxyl groups excluding tert-OH is 4. The molecule has 0 bridgehead atoms. The minimum atomic E-state index is -1.88. The smallest absolute Gasteiger partial charge is 0.195 e. The lowest BCUT2D eigenvalue weighted by Gasteiger charge is -2.41. The van der Waals surface area contributed by atoms with Gasteiger partial charge in [-0.05, 0) is 23.8 Å². The lowest BCUT2D eigenvalue weighted by Crippen LogP contribution is -2.55. The van der Waals surface area contributed by atoms with Gasteiger partial charge in [-0.2, -0.15) is 0 Å². The number of ether oxygens (including phenoxy) is 1. The minimum Gasteiger partial charge on any atom is -0.507 e. The molecule has 0 saturated carbocycles. The van der Waals surface area contributed by atoms with Crippen LogP contribution in [0, 0.1) is 0 Å². The first-order chi connectivity index (χ1) is 15.6. The van der Waals surface area contributed by atoms with Crippen molar-refractivity contribution in [3.05, 3.63) is 52.6 Å². The molecule has 0 spiro atoms. The van der Waals surface area contributed by atoms with Gasteiger partial charge in [0, 0.05) is 22.8 Å². The van der Waals surface area contributed by atoms with E-state index < -0.39 is 88.4 Å². The maximum atomic E-state index is 13.4. The quantitative estimate of drug-likeness (QED) is 0.274. The topological polar surface area (TPSA) is 205 Å². The fourth-order valence-electron chi connectivity index (χ4n) is 4.09. The molecule has 8 N–H and O–H groups in total. The van der Waals surface area contributed by atoms with Gasteiger partial charge in [0.2, 0.25) is 0 Å². The molecule has 5 unspecified atom stereocenters. The maximum Gasteiger partial charge on any atom is 0.195 e. The summed E-state index contributed by atoms with van der Waals surface area (Å²) in [5, 5.41) is 80.3. The molecule has 174 valence electrons. The molecule has 4 rings (SSSR count). The average molecular weight is 460 g/mol. The van der Waals surface area contributed by atoms with Gasteiger partial charge in [0.05, 0.1) is 12.2 Å². The van der Waals surface area contributed by atoms with Crippen LogP contribution >= 0.6 is 0 Å². The third-order valence-electron chi connectivity index (χ3n) is 5.78. The maximum absolute atomic E-state index is 13.4. The van der Waals surface area contributed by atoms with E-state index in [1.165, 1.54) is 6.07 Å². The van der Waals surface area contributed by atoms with Crippen LogP contribution in [0.3, 0.4) is 0 Å². The van der Waals surface area contributed by atoms with Crippen molar-refractivity contribution in [2.24, 2.45) is 0 Å². The van der Waals surface area contributed by atoms with Crippen molar-refractivity contribution >= 4 is 17.1 Å². The second kappa shape index (κ2) is 8.14. The first-order valence-corrected chi connectivity index (χ1v) is 9.79. The van der Waals surface area contributed by atoms with E-state index in [9.17, 15) is 50.4 Å². The molecule has 1 heterocycles. The van der Waals surface area contributed by atoms with Gasteiger partial charge >= 0.3 is 0 Å². The summed E-state index contributed by atoms with van der Waals surface area (Å²) in [4.78, 5) is 26.3. The number of hydrogen-bond donors (Lipinski definition) is 8. The molecule has 0 aromatic heterocycles. The highest BCUT2D eigenvalue weighted by atomic mass is 16.5. The van der Waals surface area contributed by atoms with Crippen LogP contribution < -0.4 is 0 Å². The van der Waals surface area contributed by atoms with Gasteiger partial charge in [-0.25, -0.2) is 0 Å². The summed E-state index contributed by atoms with van der Waals surface area (Å²) in [5.74, 6) is -4.23. The van der Waals surface area contributed by atoms with E-state index in [-0.39, 0.29) is 11.1 Å². The van der Waals surface area contributed by atoms with Gasteiger partial charge < -0.3 is 45.6 Å². The fourth-order valence-corrected chi connectivity index (χ4v) is 4.09. The number of fused-ring (bicyclic) bond motifs is 1. The highest BCUT2D eigenvalue weighted by molar-refractivity contribution is 6.39. The molecule has 1 aliphatic carbocycles. The lowest BCUT2D eigenvalue weighted by atomic mass is 9.79. The average Bonchev–Trinajstić information content (AvgIpc) is 2.77. The fraction of sp³-hybridized carbons (Fsp3) is 0.273. The molecule has 11 nitrogen and oxygen atoms in total. The Morgan fingerprint density at radius 3 is 2.12 bits per heavy atom. The third-order valence-corrected chi connectivity index (χ3v) is 5.78. The number of aromatic hydroxyl groups is 4. The monoisotopic (exact) mass is 460 g/mol. The normalized spacial score (nSPS) is 27.3. The number of allylic oxidation sites excluding steroid dienone is 2. The van der Waals surface area contributed by atoms with Crippen molar-refractivity contribution in [3.63, 3.8) is 0 Å². The van der Waals surface area contributed by atoms with E-state index in [1.807, 2.05) is 0 Å². The number of carbonyl (C=O) groups excluding carboxylic acids is 2. The van der Waals surface area contributed by atoms with Crippen LogP contribution in [0.25, 0.3) is 5.57 Å². The Bertz CT molecular complexity index is 1180. The molecule has 2 aromatic rings. The van der Waals surface area contributed by atoms with E-state index in [0.29, 0.717) is 0 Å². The molecule has 33 heavy (non-hydrogen) atoms. The van der Waals surface area contributed by atoms with Crippen LogP contribution in [0.4, 0.5) is 0 Å². The SMILES string of the molecule is O=C1C=C(c2ccc(O)c(O)c2)C(=O)c2c1c(O)cc(O)c2C1OC(CO)C(O)C(O)C1O. The molecule has 5 atom stereocenters. The van der Waals surface area contributed by atoms with Crippen molar-refractivity contribution in [1.82, 2.24) is 0 Å². The first-order valence-electron chi connectivity index (χ1n) is 9.79. The molecule has 1 fully saturated rings. The van der Waals surface area contributed by atoms with Crippen LogP contribution in [0.2, 0.25) is 0 Å². The number of carbonyl (C=O) groups is 2. The van der Waals surface area contributed by atoms with Crippen LogP contribution in [0.5, 0.6) is 23.0 Å². The van der Waals surface area contributed by atoms with Gasteiger partial charge in [-0.1, -0.05) is 6.07 Å². The standard InChI is InChI=1S/C22H20O11/c23-6-14-19(30)20(31)21(32)22(33-14)16-13(28)5-12(27)15-11(26)4-8(18(29)17(15)16)7-1-2-9(24)10(25)3-7/h1-5,14,19-25,27-28,30-32H,6H2. The van der Waals surface area contributed by atoms with Gasteiger partial charge in [0.25, 0.3) is 0 Å². The van der Waals surface area contributed by atoms with E-state index in [4.69, 9.17) is 4.74 Å². The molecule has 0 radical (unpaired) electrons. The molecule has 0 amide bonds. The summed E-state index contributed by atoms with van der Waals surface area (Å²) in [6.07, 6.45) is -7.54. The van der Waals surface area contributed by atoms with Crippen LogP contribution in [0.1, 0.15) is 37.9 Å². The number of phenols is 4. The number of Topliss-reactive ketones (excluding diaryl/α,β-unsaturated/α-hetero) is 1. The predicted molar refractivity (Wildman–Crippen MR) is 109 cm³/mol. The summed E-state index contributed by atoms with van der Waals surface area (Å²) in [5.41, 5.74) is -1.66. The zero-order valence-corrected chi connectivity index (χ0v) is 16.8. The van der Waals surface area contributed by atoms with Crippen LogP contribution in [-0.2, 0) is 4.74 Å². The van der Waals surface area contributed by atoms with Crippen LogP contribution in [-0.4, -0.2) is 83.4 Å². The Kier molecular flexibility index (Phi) is 5.60. The summed E-state index contributed by atoms with van der Waals surface area (Å²) in [7, 11) is 0. The van der Waals surface area contributed by atoms with Crippen molar-refractivity contribution in [1.29, 1.82) is 0 Å². The molecule has 1 saturated heterocycles. The molecular formula is C22H20O11. The summed E-state index contributed by atoms with van der Waals surface area (Å²) >= 11 is 0. The molecule has 1 aliphatic heterocycles. The van der Waals surface area contributed by atoms with Crippen LogP contribution in [0.15, 0.2) is 30.3 Å². The van der Waals surface area contributed by atoms with E-state index in [0.717, 1.165) is 24.3 Å². The Morgan fingerprint density at radius 2 is 1.48 bits per heavy atom. The number of rotatable bonds is 3. The van der Waals surface area contributed by atoms with Gasteiger partial charge in [-0.15, -0.1) is 0 Å². The van der Waals surface area contributed by atoms with Gasteiger partial charge in [0.1, 0.15) is 42.0 Å². The predicted octanol–water partition coefficient (Wildman–Crippen LogP) is -0.513. The number of ketones is 2. The Labute approximate surface area is 185 Å². The van der Waals surface area contributed by atoms with E-state index in [1.54, 1.807) is 0 Å². The van der Waals surface area contributed by atoms with Crippen molar-refractivity contribution < 1.29 is 55.2 Å². The second-order valence-electron chi connectivity index (χ2n) is 7.78. The molecular weight excluding hydrogens is 440 g/mol. The van der Waals surface area contributed by atoms with E-state index >= 15 is 0 Å². The van der Waals surface area contributed by atoms with Gasteiger partial charge in [0.15, 0.2) is 23.1 Å². The van der Waals surface area contributed by atoms with Crippen molar-refractivity contribution in [3.8, 4) is 23.0 Å². The second-order valence-corrected chi connectivity index (χ2v) is 7.78. The van der Waals surface area contributed by atoms with Gasteiger partial charge in [-0.3, -0.25) is 9.59 Å². The molecule has 2 aliphatic rings. The Balaban J connectivity index is 1.91. The summed E-state index contributed by atoms with van der Waals surface area (Å²) in [6.45, 7) is -0.771. The number of hydrogen-bond acceptors (Lipinski definition) is 11. The van der Waals surface area contributed by atoms with Crippen molar-refractivity contribution in [2.45, 2.75) is 30.5 Å². The first kappa shape index (κ1) is 22.7. The molecule has 2 aromatic carbocycles. The summed E-state index contributed by atoms with van der Waals surface area (Å²) < 4.78 is 5.46. The highest BCUT2D eigenvalue weighted by Gasteiger charge is 2.47. The number of aliphatic hydroxyl groups is 4. The Hall–Kier alpha value is -3.48. The zero-order chi connectivity index (χ0) is 24.2. The third kappa shape index (κ3) is 3.52. The lowest BCUT2D eigenvalue weighted by molar-refractivity contribution is -0.232.